The molecule has 1 N–H and O–H groups in total. The number of thiophene rings is 1. The number of piperidine rings is 1. The zero-order valence-corrected chi connectivity index (χ0v) is 18.6. The van der Waals surface area contributed by atoms with Crippen molar-refractivity contribution in [3.8, 4) is 11.5 Å². The van der Waals surface area contributed by atoms with Crippen molar-refractivity contribution in [3.05, 3.63) is 41.3 Å². The summed E-state index contributed by atoms with van der Waals surface area (Å²) in [5, 5.41) is 4.55. The Hall–Kier alpha value is -2.24. The Morgan fingerprint density at radius 1 is 1.32 bits per heavy atom. The van der Waals surface area contributed by atoms with Crippen molar-refractivity contribution in [2.24, 2.45) is 5.92 Å². The lowest BCUT2D eigenvalue weighted by molar-refractivity contribution is -0.126. The van der Waals surface area contributed by atoms with Gasteiger partial charge in [0, 0.05) is 19.6 Å². The van der Waals surface area contributed by atoms with E-state index < -0.39 is 22.6 Å². The Morgan fingerprint density at radius 2 is 2.13 bits per heavy atom. The number of sulfonamides is 1. The Kier molecular flexibility index (Phi) is 7.84. The van der Waals surface area contributed by atoms with Crippen LogP contribution in [-0.2, 0) is 21.2 Å². The van der Waals surface area contributed by atoms with Crippen molar-refractivity contribution >= 4 is 27.3 Å². The van der Waals surface area contributed by atoms with Crippen LogP contribution in [0.3, 0.4) is 0 Å². The maximum Gasteiger partial charge on any atom is 0.387 e. The highest BCUT2D eigenvalue weighted by molar-refractivity contribution is 7.91. The van der Waals surface area contributed by atoms with Gasteiger partial charge in [0.05, 0.1) is 13.0 Å². The number of carbonyl (C=O) groups excluding carboxylic acids is 1. The van der Waals surface area contributed by atoms with Crippen molar-refractivity contribution in [2.45, 2.75) is 30.1 Å². The fraction of sp³-hybridized carbons (Fsp3) is 0.450. The van der Waals surface area contributed by atoms with Crippen molar-refractivity contribution in [3.63, 3.8) is 0 Å². The Bertz CT molecular complexity index is 983. The van der Waals surface area contributed by atoms with E-state index in [9.17, 15) is 22.0 Å². The molecule has 7 nitrogen and oxygen atoms in total. The SMILES string of the molecule is COc1cc(CCNC(=O)C2CCCN(S(=O)(=O)c3cccs3)C2)ccc1OC(F)F. The quantitative estimate of drug-likeness (QED) is 0.604. The number of hydrogen-bond donors (Lipinski definition) is 1. The van der Waals surface area contributed by atoms with Gasteiger partial charge in [-0.2, -0.15) is 13.1 Å². The number of benzene rings is 1. The second-order valence-electron chi connectivity index (χ2n) is 7.04. The normalized spacial score (nSPS) is 17.5. The first-order valence-electron chi connectivity index (χ1n) is 9.74. The Morgan fingerprint density at radius 3 is 2.81 bits per heavy atom. The van der Waals surface area contributed by atoms with Crippen molar-refractivity contribution in [1.82, 2.24) is 9.62 Å². The maximum absolute atomic E-state index is 12.7. The highest BCUT2D eigenvalue weighted by Crippen LogP contribution is 2.30. The Labute approximate surface area is 184 Å². The number of halogens is 2. The minimum Gasteiger partial charge on any atom is -0.493 e. The Balaban J connectivity index is 1.54. The second kappa shape index (κ2) is 10.4. The summed E-state index contributed by atoms with van der Waals surface area (Å²) in [5.41, 5.74) is 0.782. The van der Waals surface area contributed by atoms with Crippen LogP contribution in [0, 0.1) is 5.92 Å². The van der Waals surface area contributed by atoms with Crippen LogP contribution in [0.4, 0.5) is 8.78 Å². The molecule has 0 saturated carbocycles. The van der Waals surface area contributed by atoms with Crippen molar-refractivity contribution in [2.75, 3.05) is 26.7 Å². The summed E-state index contributed by atoms with van der Waals surface area (Å²) >= 11 is 1.16. The molecule has 1 aliphatic heterocycles. The van der Waals surface area contributed by atoms with Crippen LogP contribution >= 0.6 is 11.3 Å². The summed E-state index contributed by atoms with van der Waals surface area (Å²) in [5.74, 6) is -0.485. The molecule has 1 unspecified atom stereocenters. The number of rotatable bonds is 9. The number of ether oxygens (including phenoxy) is 2. The molecule has 2 aromatic rings. The third-order valence-electron chi connectivity index (χ3n) is 5.00. The zero-order chi connectivity index (χ0) is 22.4. The first-order chi connectivity index (χ1) is 14.8. The molecule has 170 valence electrons. The number of nitrogens with one attached hydrogen (secondary N) is 1. The van der Waals surface area contributed by atoms with Crippen LogP contribution in [0.2, 0.25) is 0 Å². The molecule has 0 spiro atoms. The van der Waals surface area contributed by atoms with E-state index in [1.165, 1.54) is 17.5 Å². The van der Waals surface area contributed by atoms with E-state index in [1.807, 2.05) is 0 Å². The van der Waals surface area contributed by atoms with Crippen LogP contribution in [0.25, 0.3) is 0 Å². The molecule has 1 aromatic carbocycles. The van der Waals surface area contributed by atoms with Gasteiger partial charge >= 0.3 is 6.61 Å². The number of alkyl halides is 2. The molecule has 1 aromatic heterocycles. The smallest absolute Gasteiger partial charge is 0.387 e. The molecule has 1 saturated heterocycles. The summed E-state index contributed by atoms with van der Waals surface area (Å²) in [6, 6.07) is 7.86. The second-order valence-corrected chi connectivity index (χ2v) is 10.2. The number of amides is 1. The van der Waals surface area contributed by atoms with Gasteiger partial charge in [-0.1, -0.05) is 12.1 Å². The number of hydrogen-bond acceptors (Lipinski definition) is 6. The minimum atomic E-state index is -3.58. The molecular formula is C20H24F2N2O5S2. The van der Waals surface area contributed by atoms with Crippen LogP contribution in [0.5, 0.6) is 11.5 Å². The van der Waals surface area contributed by atoms with E-state index in [0.29, 0.717) is 32.4 Å². The first-order valence-corrected chi connectivity index (χ1v) is 12.1. The number of nitrogens with zero attached hydrogens (tertiary/aromatic N) is 1. The topological polar surface area (TPSA) is 84.9 Å². The monoisotopic (exact) mass is 474 g/mol. The highest BCUT2D eigenvalue weighted by Gasteiger charge is 2.33. The third kappa shape index (κ3) is 5.92. The average Bonchev–Trinajstić information content (AvgIpc) is 3.30. The van der Waals surface area contributed by atoms with E-state index in [1.54, 1.807) is 29.6 Å². The number of carbonyl (C=O) groups is 1. The van der Waals surface area contributed by atoms with Crippen molar-refractivity contribution < 1.29 is 31.5 Å². The predicted octanol–water partition coefficient (Wildman–Crippen LogP) is 3.12. The van der Waals surface area contributed by atoms with Gasteiger partial charge in [0.2, 0.25) is 5.91 Å². The molecule has 0 aliphatic carbocycles. The van der Waals surface area contributed by atoms with E-state index in [2.05, 4.69) is 10.1 Å². The van der Waals surface area contributed by atoms with E-state index in [-0.39, 0.29) is 28.2 Å². The van der Waals surface area contributed by atoms with Gasteiger partial charge in [0.15, 0.2) is 11.5 Å². The van der Waals surface area contributed by atoms with E-state index in [4.69, 9.17) is 4.74 Å². The lowest BCUT2D eigenvalue weighted by Gasteiger charge is -2.30. The molecular weight excluding hydrogens is 450 g/mol. The molecule has 1 fully saturated rings. The molecule has 1 amide bonds. The fourth-order valence-corrected chi connectivity index (χ4v) is 6.12. The molecule has 1 atom stereocenters. The van der Waals surface area contributed by atoms with Crippen LogP contribution in [0.15, 0.2) is 39.9 Å². The molecule has 11 heteroatoms. The maximum atomic E-state index is 12.7. The number of methoxy groups -OCH3 is 1. The largest absolute Gasteiger partial charge is 0.493 e. The molecule has 1 aliphatic rings. The van der Waals surface area contributed by atoms with Gasteiger partial charge in [0.25, 0.3) is 10.0 Å². The van der Waals surface area contributed by atoms with Crippen LogP contribution in [0.1, 0.15) is 18.4 Å². The van der Waals surface area contributed by atoms with Gasteiger partial charge in [-0.25, -0.2) is 8.42 Å². The molecule has 0 radical (unpaired) electrons. The van der Waals surface area contributed by atoms with E-state index in [0.717, 1.165) is 16.9 Å². The lowest BCUT2D eigenvalue weighted by atomic mass is 9.99. The average molecular weight is 475 g/mol. The summed E-state index contributed by atoms with van der Waals surface area (Å²) in [4.78, 5) is 12.6. The lowest BCUT2D eigenvalue weighted by Crippen LogP contribution is -2.45. The van der Waals surface area contributed by atoms with Gasteiger partial charge in [-0.05, 0) is 48.4 Å². The van der Waals surface area contributed by atoms with Gasteiger partial charge in [0.1, 0.15) is 4.21 Å². The van der Waals surface area contributed by atoms with Gasteiger partial charge < -0.3 is 14.8 Å². The summed E-state index contributed by atoms with van der Waals surface area (Å²) in [6.45, 7) is -2.07. The minimum absolute atomic E-state index is 0.0560. The van der Waals surface area contributed by atoms with Crippen molar-refractivity contribution in [1.29, 1.82) is 0 Å². The standard InChI is InChI=1S/C20H24F2N2O5S2/c1-28-17-12-14(6-7-16(17)29-20(21)22)8-9-23-19(25)15-4-2-10-24(13-15)31(26,27)18-5-3-11-30-18/h3,5-7,11-12,15,20H,2,4,8-10,13H2,1H3,(H,23,25). The summed E-state index contributed by atoms with van der Waals surface area (Å²) < 4.78 is 61.4. The molecule has 0 bridgehead atoms. The molecule has 3 rings (SSSR count). The first kappa shape index (κ1) is 23.4. The van der Waals surface area contributed by atoms with Crippen LogP contribution in [-0.4, -0.2) is 52.0 Å². The van der Waals surface area contributed by atoms with Gasteiger partial charge in [-0.3, -0.25) is 4.79 Å². The fourth-order valence-electron chi connectivity index (χ4n) is 3.45. The molecule has 2 heterocycles. The van der Waals surface area contributed by atoms with Gasteiger partial charge in [-0.15, -0.1) is 11.3 Å². The zero-order valence-electron chi connectivity index (χ0n) is 16.9. The van der Waals surface area contributed by atoms with Crippen LogP contribution < -0.4 is 14.8 Å². The summed E-state index contributed by atoms with van der Waals surface area (Å²) in [6.07, 6.45) is 1.70. The predicted molar refractivity (Wildman–Crippen MR) is 112 cm³/mol. The molecule has 31 heavy (non-hydrogen) atoms. The van der Waals surface area contributed by atoms with E-state index >= 15 is 0 Å². The highest BCUT2D eigenvalue weighted by atomic mass is 32.2. The summed E-state index contributed by atoms with van der Waals surface area (Å²) in [7, 11) is -2.22. The third-order valence-corrected chi connectivity index (χ3v) is 8.24.